The van der Waals surface area contributed by atoms with Gasteiger partial charge in [-0.05, 0) is 175 Å². The Morgan fingerprint density at radius 1 is 0.276 bits per heavy atom. The zero-order valence-electron chi connectivity index (χ0n) is 32.9. The summed E-state index contributed by atoms with van der Waals surface area (Å²) in [5.41, 5.74) is 15.0. The van der Waals surface area contributed by atoms with Crippen LogP contribution in [-0.4, -0.2) is 0 Å². The van der Waals surface area contributed by atoms with Crippen molar-refractivity contribution in [2.24, 2.45) is 0 Å². The fraction of sp³-hybridized carbons (Fsp3) is 0.0741. The fourth-order valence-electron chi connectivity index (χ4n) is 8.99. The normalized spacial score (nSPS) is 11.8. The van der Waals surface area contributed by atoms with Crippen molar-refractivity contribution in [1.82, 2.24) is 0 Å². The van der Waals surface area contributed by atoms with E-state index in [-0.39, 0.29) is 0 Å². The maximum atomic E-state index is 6.61. The predicted octanol–water partition coefficient (Wildman–Crippen LogP) is 16.0. The fourth-order valence-corrected chi connectivity index (χ4v) is 8.99. The van der Waals surface area contributed by atoms with Gasteiger partial charge in [-0.15, -0.1) is 0 Å². The first-order valence-electron chi connectivity index (χ1n) is 19.9. The van der Waals surface area contributed by atoms with E-state index in [9.17, 15) is 0 Å². The van der Waals surface area contributed by atoms with Crippen LogP contribution >= 0.6 is 0 Å². The van der Waals surface area contributed by atoms with E-state index in [2.05, 4.69) is 207 Å². The average molecular weight is 749 g/mol. The Bertz CT molecular complexity index is 3130. The Balaban J connectivity index is 1.01. The standard InChI is InChI=1S/C54H40N2O2/c1-33-19-34(2)22-45(21-33)55(41-11-7-5-8-12-41)43-17-15-37-27-47-49-31-50-48-28-38-16-18-44(56(42-13-9-6-10-14-42)46-23-35(3)20-36(4)24-46)26-40(38)30-52(48)58-54(50)32-53(49)57-51(47)29-39(37)25-43/h5-32H,1-4H3. The summed E-state index contributed by atoms with van der Waals surface area (Å²) in [6.07, 6.45) is 0. The number of anilines is 6. The lowest BCUT2D eigenvalue weighted by atomic mass is 10.0. The molecule has 0 fully saturated rings. The zero-order valence-corrected chi connectivity index (χ0v) is 32.9. The van der Waals surface area contributed by atoms with Crippen LogP contribution in [0.2, 0.25) is 0 Å². The monoisotopic (exact) mass is 748 g/mol. The van der Waals surface area contributed by atoms with Gasteiger partial charge in [-0.2, -0.15) is 0 Å². The van der Waals surface area contributed by atoms with Crippen molar-refractivity contribution in [3.05, 3.63) is 192 Å². The summed E-state index contributed by atoms with van der Waals surface area (Å²) in [4.78, 5) is 4.66. The van der Waals surface area contributed by atoms with Gasteiger partial charge in [-0.1, -0.05) is 60.7 Å². The first-order valence-corrected chi connectivity index (χ1v) is 19.9. The highest BCUT2D eigenvalue weighted by molar-refractivity contribution is 6.18. The summed E-state index contributed by atoms with van der Waals surface area (Å²) in [6, 6.07) is 61.2. The van der Waals surface area contributed by atoms with Crippen LogP contribution in [0.25, 0.3) is 65.4 Å². The molecule has 0 N–H and O–H groups in total. The van der Waals surface area contributed by atoms with Crippen LogP contribution in [0, 0.1) is 27.7 Å². The third kappa shape index (κ3) is 5.76. The molecule has 0 unspecified atom stereocenters. The number of hydrogen-bond donors (Lipinski definition) is 0. The number of nitrogens with zero attached hydrogens (tertiary/aromatic N) is 2. The first-order chi connectivity index (χ1) is 28.3. The summed E-state index contributed by atoms with van der Waals surface area (Å²) in [7, 11) is 0. The van der Waals surface area contributed by atoms with E-state index >= 15 is 0 Å². The molecule has 4 heteroatoms. The number of benzene rings is 9. The molecule has 0 aliphatic rings. The van der Waals surface area contributed by atoms with Crippen molar-refractivity contribution in [3.63, 3.8) is 0 Å². The molecule has 0 amide bonds. The lowest BCUT2D eigenvalue weighted by molar-refractivity contribution is 0.656. The number of hydrogen-bond acceptors (Lipinski definition) is 4. The summed E-state index contributed by atoms with van der Waals surface area (Å²) in [5.74, 6) is 0. The van der Waals surface area contributed by atoms with Crippen LogP contribution in [0.15, 0.2) is 179 Å². The van der Waals surface area contributed by atoms with Crippen molar-refractivity contribution in [2.75, 3.05) is 9.80 Å². The second-order valence-corrected chi connectivity index (χ2v) is 15.8. The minimum atomic E-state index is 0.817. The zero-order chi connectivity index (χ0) is 39.1. The Morgan fingerprint density at radius 3 is 1.07 bits per heavy atom. The van der Waals surface area contributed by atoms with Gasteiger partial charge < -0.3 is 18.6 Å². The molecule has 0 saturated carbocycles. The SMILES string of the molecule is Cc1cc(C)cc(N(c2ccccc2)c2ccc3cc4c(cc3c2)oc2cc3oc5cc6cc(N(c7ccccc7)c7cc(C)cc(C)c7)ccc6cc5c3cc24)c1. The van der Waals surface area contributed by atoms with E-state index in [1.165, 1.54) is 22.3 Å². The Kier molecular flexibility index (Phi) is 7.70. The van der Waals surface area contributed by atoms with E-state index in [0.29, 0.717) is 0 Å². The van der Waals surface area contributed by atoms with Crippen molar-refractivity contribution in [1.29, 1.82) is 0 Å². The summed E-state index contributed by atoms with van der Waals surface area (Å²) < 4.78 is 13.2. The summed E-state index contributed by atoms with van der Waals surface area (Å²) in [5, 5.41) is 8.93. The minimum absolute atomic E-state index is 0.817. The molecular weight excluding hydrogens is 709 g/mol. The molecule has 0 radical (unpaired) electrons. The molecule has 0 aliphatic heterocycles. The number of rotatable bonds is 6. The minimum Gasteiger partial charge on any atom is -0.456 e. The van der Waals surface area contributed by atoms with Crippen LogP contribution in [0.5, 0.6) is 0 Å². The highest BCUT2D eigenvalue weighted by atomic mass is 16.3. The molecule has 11 aromatic rings. The second kappa shape index (κ2) is 13.1. The van der Waals surface area contributed by atoms with Gasteiger partial charge >= 0.3 is 0 Å². The maximum absolute atomic E-state index is 6.61. The smallest absolute Gasteiger partial charge is 0.139 e. The lowest BCUT2D eigenvalue weighted by Gasteiger charge is -2.26. The Labute approximate surface area is 336 Å². The largest absolute Gasteiger partial charge is 0.456 e. The molecule has 0 aliphatic carbocycles. The second-order valence-electron chi connectivity index (χ2n) is 15.8. The molecule has 0 bridgehead atoms. The molecule has 0 saturated heterocycles. The number of fused-ring (bicyclic) bond motifs is 8. The number of aryl methyl sites for hydroxylation is 4. The first kappa shape index (κ1) is 34.0. The van der Waals surface area contributed by atoms with Gasteiger partial charge in [0.05, 0.1) is 0 Å². The van der Waals surface area contributed by atoms with Crippen molar-refractivity contribution < 1.29 is 8.83 Å². The van der Waals surface area contributed by atoms with E-state index in [1.54, 1.807) is 0 Å². The van der Waals surface area contributed by atoms with Gasteiger partial charge in [0.1, 0.15) is 22.3 Å². The van der Waals surface area contributed by atoms with Gasteiger partial charge in [0.25, 0.3) is 0 Å². The summed E-state index contributed by atoms with van der Waals surface area (Å²) in [6.45, 7) is 8.62. The van der Waals surface area contributed by atoms with Gasteiger partial charge in [-0.3, -0.25) is 0 Å². The van der Waals surface area contributed by atoms with Crippen molar-refractivity contribution in [3.8, 4) is 0 Å². The van der Waals surface area contributed by atoms with Crippen LogP contribution in [0.1, 0.15) is 22.3 Å². The highest BCUT2D eigenvalue weighted by Crippen LogP contribution is 2.43. The molecule has 0 spiro atoms. The van der Waals surface area contributed by atoms with Gasteiger partial charge in [0, 0.05) is 61.7 Å². The molecule has 278 valence electrons. The summed E-state index contributed by atoms with van der Waals surface area (Å²) >= 11 is 0. The van der Waals surface area contributed by atoms with Crippen molar-refractivity contribution in [2.45, 2.75) is 27.7 Å². The van der Waals surface area contributed by atoms with Crippen LogP contribution in [-0.2, 0) is 0 Å². The van der Waals surface area contributed by atoms with Gasteiger partial charge in [0.2, 0.25) is 0 Å². The van der Waals surface area contributed by atoms with Gasteiger partial charge in [0.15, 0.2) is 0 Å². The Morgan fingerprint density at radius 2 is 0.655 bits per heavy atom. The molecule has 4 nitrogen and oxygen atoms in total. The molecule has 58 heavy (non-hydrogen) atoms. The van der Waals surface area contributed by atoms with Crippen LogP contribution in [0.4, 0.5) is 34.1 Å². The van der Waals surface area contributed by atoms with E-state index in [0.717, 1.165) is 99.5 Å². The third-order valence-corrected chi connectivity index (χ3v) is 11.4. The molecule has 2 heterocycles. The quantitative estimate of drug-likeness (QED) is 0.170. The van der Waals surface area contributed by atoms with Crippen molar-refractivity contribution >= 4 is 99.5 Å². The maximum Gasteiger partial charge on any atom is 0.139 e. The molecule has 9 aromatic carbocycles. The molecule has 0 atom stereocenters. The van der Waals surface area contributed by atoms with E-state index < -0.39 is 0 Å². The molecular formula is C54H40N2O2. The van der Waals surface area contributed by atoms with Gasteiger partial charge in [-0.25, -0.2) is 0 Å². The number of para-hydroxylation sites is 2. The Hall–Kier alpha value is -7.30. The predicted molar refractivity (Wildman–Crippen MR) is 244 cm³/mol. The highest BCUT2D eigenvalue weighted by Gasteiger charge is 2.19. The lowest BCUT2D eigenvalue weighted by Crippen LogP contribution is -2.10. The number of furan rings is 2. The average Bonchev–Trinajstić information content (AvgIpc) is 3.74. The molecule has 2 aromatic heterocycles. The van der Waals surface area contributed by atoms with E-state index in [1.807, 2.05) is 0 Å². The van der Waals surface area contributed by atoms with E-state index in [4.69, 9.17) is 8.83 Å². The third-order valence-electron chi connectivity index (χ3n) is 11.4. The van der Waals surface area contributed by atoms with Crippen LogP contribution in [0.3, 0.4) is 0 Å². The molecule has 11 rings (SSSR count). The van der Waals surface area contributed by atoms with Crippen LogP contribution < -0.4 is 9.80 Å². The topological polar surface area (TPSA) is 32.8 Å².